The Balaban J connectivity index is 3.08. The number of rotatable bonds is 6. The van der Waals surface area contributed by atoms with Crippen LogP contribution in [0.2, 0.25) is 0 Å². The Kier molecular flexibility index (Phi) is 6.51. The summed E-state index contributed by atoms with van der Waals surface area (Å²) >= 11 is 3.56. The third-order valence-electron chi connectivity index (χ3n) is 4.11. The molecule has 0 spiro atoms. The number of hydrogen-bond acceptors (Lipinski definition) is 2. The zero-order valence-corrected chi connectivity index (χ0v) is 14.3. The summed E-state index contributed by atoms with van der Waals surface area (Å²) in [6.45, 7) is 8.95. The van der Waals surface area contributed by atoms with Crippen LogP contribution in [-0.4, -0.2) is 24.0 Å². The lowest BCUT2D eigenvalue weighted by Gasteiger charge is -2.38. The highest BCUT2D eigenvalue weighted by Gasteiger charge is 2.27. The molecule has 1 aromatic rings. The lowest BCUT2D eigenvalue weighted by atomic mass is 9.93. The first-order valence-corrected chi connectivity index (χ1v) is 7.90. The summed E-state index contributed by atoms with van der Waals surface area (Å²) in [6.07, 6.45) is 0.979. The normalized spacial score (nSPS) is 16.7. The molecule has 1 rings (SSSR count). The fourth-order valence-corrected chi connectivity index (χ4v) is 2.84. The van der Waals surface area contributed by atoms with Gasteiger partial charge in [-0.2, -0.15) is 0 Å². The molecule has 0 bridgehead atoms. The summed E-state index contributed by atoms with van der Waals surface area (Å²) in [4.78, 5) is 2.42. The van der Waals surface area contributed by atoms with Crippen molar-refractivity contribution in [2.45, 2.75) is 52.2 Å². The molecule has 0 aromatic heterocycles. The van der Waals surface area contributed by atoms with Crippen molar-refractivity contribution < 1.29 is 0 Å². The van der Waals surface area contributed by atoms with Crippen LogP contribution < -0.4 is 5.73 Å². The van der Waals surface area contributed by atoms with Crippen LogP contribution in [-0.2, 0) is 0 Å². The van der Waals surface area contributed by atoms with Crippen LogP contribution in [0.15, 0.2) is 28.7 Å². The molecular formula is C16H27BrN2. The average Bonchev–Trinajstić information content (AvgIpc) is 2.37. The van der Waals surface area contributed by atoms with E-state index in [2.05, 4.69) is 79.8 Å². The zero-order valence-electron chi connectivity index (χ0n) is 12.7. The molecule has 3 atom stereocenters. The Hall–Kier alpha value is -0.380. The van der Waals surface area contributed by atoms with Gasteiger partial charge in [-0.15, -0.1) is 0 Å². The average molecular weight is 327 g/mol. The largest absolute Gasteiger partial charge is 0.326 e. The van der Waals surface area contributed by atoms with E-state index in [1.807, 2.05) is 0 Å². The summed E-state index contributed by atoms with van der Waals surface area (Å²) in [7, 11) is 2.19. The summed E-state index contributed by atoms with van der Waals surface area (Å²) < 4.78 is 1.11. The van der Waals surface area contributed by atoms with Crippen molar-refractivity contribution in [2.75, 3.05) is 7.05 Å². The van der Waals surface area contributed by atoms with Crippen molar-refractivity contribution in [1.29, 1.82) is 0 Å². The lowest BCUT2D eigenvalue weighted by Crippen LogP contribution is -2.44. The smallest absolute Gasteiger partial charge is 0.0499 e. The van der Waals surface area contributed by atoms with E-state index in [-0.39, 0.29) is 12.1 Å². The van der Waals surface area contributed by atoms with E-state index in [9.17, 15) is 0 Å². The molecule has 0 heterocycles. The van der Waals surface area contributed by atoms with Gasteiger partial charge in [-0.3, -0.25) is 4.90 Å². The van der Waals surface area contributed by atoms with Gasteiger partial charge in [0, 0.05) is 22.6 Å². The van der Waals surface area contributed by atoms with Gasteiger partial charge in [0.05, 0.1) is 0 Å². The first-order valence-electron chi connectivity index (χ1n) is 7.11. The first kappa shape index (κ1) is 16.7. The molecule has 0 aliphatic carbocycles. The van der Waals surface area contributed by atoms with Crippen LogP contribution in [0, 0.1) is 5.92 Å². The third-order valence-corrected chi connectivity index (χ3v) is 4.61. The molecule has 0 saturated carbocycles. The highest BCUT2D eigenvalue weighted by molar-refractivity contribution is 9.10. The van der Waals surface area contributed by atoms with Crippen molar-refractivity contribution in [2.24, 2.45) is 11.7 Å². The standard InChI is InChI=1S/C16H27BrN2/c1-6-15(18)16(19(5)12(4)11(2)3)13-8-7-9-14(17)10-13/h7-12,15-16H,6,18H2,1-5H3. The molecule has 19 heavy (non-hydrogen) atoms. The molecule has 3 unspecified atom stereocenters. The molecule has 0 fully saturated rings. The van der Waals surface area contributed by atoms with Crippen molar-refractivity contribution in [1.82, 2.24) is 4.90 Å². The Morgan fingerprint density at radius 3 is 2.37 bits per heavy atom. The Morgan fingerprint density at radius 2 is 1.89 bits per heavy atom. The number of hydrogen-bond donors (Lipinski definition) is 1. The lowest BCUT2D eigenvalue weighted by molar-refractivity contribution is 0.127. The van der Waals surface area contributed by atoms with Gasteiger partial charge in [-0.05, 0) is 44.0 Å². The predicted molar refractivity (Wildman–Crippen MR) is 87.2 cm³/mol. The van der Waals surface area contributed by atoms with Crippen LogP contribution in [0.3, 0.4) is 0 Å². The van der Waals surface area contributed by atoms with E-state index in [4.69, 9.17) is 5.73 Å². The molecule has 0 amide bonds. The highest BCUT2D eigenvalue weighted by atomic mass is 79.9. The minimum absolute atomic E-state index is 0.153. The summed E-state index contributed by atoms with van der Waals surface area (Å²) in [5.41, 5.74) is 7.67. The minimum atomic E-state index is 0.153. The van der Waals surface area contributed by atoms with E-state index in [1.165, 1.54) is 5.56 Å². The second-order valence-corrected chi connectivity index (χ2v) is 6.64. The van der Waals surface area contributed by atoms with E-state index in [0.29, 0.717) is 12.0 Å². The molecule has 0 saturated heterocycles. The van der Waals surface area contributed by atoms with Gasteiger partial charge in [0.2, 0.25) is 0 Å². The molecule has 2 nitrogen and oxygen atoms in total. The number of nitrogens with zero attached hydrogens (tertiary/aromatic N) is 1. The van der Waals surface area contributed by atoms with Crippen molar-refractivity contribution in [3.05, 3.63) is 34.3 Å². The van der Waals surface area contributed by atoms with E-state index in [1.54, 1.807) is 0 Å². The monoisotopic (exact) mass is 326 g/mol. The van der Waals surface area contributed by atoms with Crippen LogP contribution >= 0.6 is 15.9 Å². The van der Waals surface area contributed by atoms with Crippen molar-refractivity contribution >= 4 is 15.9 Å². The molecule has 0 aliphatic heterocycles. The molecule has 0 aliphatic rings. The number of halogens is 1. The van der Waals surface area contributed by atoms with Gasteiger partial charge >= 0.3 is 0 Å². The molecule has 1 aromatic carbocycles. The van der Waals surface area contributed by atoms with Crippen LogP contribution in [0.5, 0.6) is 0 Å². The number of nitrogens with two attached hydrogens (primary N) is 1. The molecule has 108 valence electrons. The van der Waals surface area contributed by atoms with Gasteiger partial charge in [-0.25, -0.2) is 0 Å². The van der Waals surface area contributed by atoms with Crippen molar-refractivity contribution in [3.8, 4) is 0 Å². The van der Waals surface area contributed by atoms with E-state index >= 15 is 0 Å². The van der Waals surface area contributed by atoms with Gasteiger partial charge < -0.3 is 5.73 Å². The Bertz CT molecular complexity index is 392. The third kappa shape index (κ3) is 4.30. The SMILES string of the molecule is CCC(N)C(c1cccc(Br)c1)N(C)C(C)C(C)C. The summed E-state index contributed by atoms with van der Waals surface area (Å²) in [6, 6.07) is 9.42. The second-order valence-electron chi connectivity index (χ2n) is 5.72. The maximum Gasteiger partial charge on any atom is 0.0499 e. The van der Waals surface area contributed by atoms with Gasteiger partial charge in [-0.1, -0.05) is 48.8 Å². The molecular weight excluding hydrogens is 300 g/mol. The van der Waals surface area contributed by atoms with Crippen LogP contribution in [0.1, 0.15) is 45.7 Å². The number of benzene rings is 1. The second kappa shape index (κ2) is 7.41. The minimum Gasteiger partial charge on any atom is -0.326 e. The quantitative estimate of drug-likeness (QED) is 0.848. The molecule has 0 radical (unpaired) electrons. The van der Waals surface area contributed by atoms with Gasteiger partial charge in [0.1, 0.15) is 0 Å². The van der Waals surface area contributed by atoms with Gasteiger partial charge in [0.25, 0.3) is 0 Å². The fraction of sp³-hybridized carbons (Fsp3) is 0.625. The topological polar surface area (TPSA) is 29.3 Å². The molecule has 2 N–H and O–H groups in total. The number of likely N-dealkylation sites (N-methyl/N-ethyl adjacent to an activating group) is 1. The summed E-state index contributed by atoms with van der Waals surface area (Å²) in [5, 5.41) is 0. The fourth-order valence-electron chi connectivity index (χ4n) is 2.42. The van der Waals surface area contributed by atoms with Crippen LogP contribution in [0.4, 0.5) is 0 Å². The maximum absolute atomic E-state index is 6.38. The van der Waals surface area contributed by atoms with E-state index in [0.717, 1.165) is 10.9 Å². The Labute approximate surface area is 126 Å². The van der Waals surface area contributed by atoms with Gasteiger partial charge in [0.15, 0.2) is 0 Å². The maximum atomic E-state index is 6.38. The summed E-state index contributed by atoms with van der Waals surface area (Å²) in [5.74, 6) is 0.615. The predicted octanol–water partition coefficient (Wildman–Crippen LogP) is 4.20. The van der Waals surface area contributed by atoms with Crippen molar-refractivity contribution in [3.63, 3.8) is 0 Å². The molecule has 3 heteroatoms. The highest BCUT2D eigenvalue weighted by Crippen LogP contribution is 2.29. The van der Waals surface area contributed by atoms with Crippen LogP contribution in [0.25, 0.3) is 0 Å². The van der Waals surface area contributed by atoms with E-state index < -0.39 is 0 Å². The first-order chi connectivity index (χ1) is 8.88. The Morgan fingerprint density at radius 1 is 1.26 bits per heavy atom. The zero-order chi connectivity index (χ0) is 14.6.